The average molecular weight is 487 g/mol. The fourth-order valence-electron chi connectivity index (χ4n) is 2.85. The lowest BCUT2D eigenvalue weighted by molar-refractivity contribution is 0.0972. The quantitative estimate of drug-likeness (QED) is 0.333. The maximum absolute atomic E-state index is 11.1. The number of nitrogens with zero attached hydrogens (tertiary/aromatic N) is 4. The van der Waals surface area contributed by atoms with E-state index >= 15 is 0 Å². The van der Waals surface area contributed by atoms with E-state index in [-0.39, 0.29) is 35.8 Å². The van der Waals surface area contributed by atoms with Crippen molar-refractivity contribution in [2.24, 2.45) is 10.7 Å². The Morgan fingerprint density at radius 1 is 1.48 bits per heavy atom. The highest BCUT2D eigenvalue weighted by atomic mass is 127. The number of rotatable bonds is 5. The molecule has 3 rings (SSSR count). The number of guanidine groups is 1. The third kappa shape index (κ3) is 5.21. The highest BCUT2D eigenvalue weighted by Gasteiger charge is 2.23. The number of nitrogens with one attached hydrogen (secondary N) is 2. The summed E-state index contributed by atoms with van der Waals surface area (Å²) in [5.41, 5.74) is 5.19. The van der Waals surface area contributed by atoms with E-state index in [1.54, 1.807) is 19.2 Å². The molecule has 1 amide bonds. The Morgan fingerprint density at radius 2 is 2.26 bits per heavy atom. The van der Waals surface area contributed by atoms with Gasteiger partial charge in [-0.2, -0.15) is 5.10 Å². The van der Waals surface area contributed by atoms with Crippen LogP contribution in [0, 0.1) is 0 Å². The summed E-state index contributed by atoms with van der Waals surface area (Å²) in [6.45, 7) is 5.36. The van der Waals surface area contributed by atoms with Gasteiger partial charge in [0.15, 0.2) is 17.5 Å². The van der Waals surface area contributed by atoms with Crippen molar-refractivity contribution in [2.75, 3.05) is 7.05 Å². The summed E-state index contributed by atoms with van der Waals surface area (Å²) >= 11 is 0. The number of hydrogen-bond acceptors (Lipinski definition) is 5. The van der Waals surface area contributed by atoms with Crippen molar-refractivity contribution >= 4 is 35.8 Å². The molecule has 0 bridgehead atoms. The Hall–Kier alpha value is -2.11. The van der Waals surface area contributed by atoms with E-state index in [1.165, 1.54) is 0 Å². The number of primary amides is 1. The number of aliphatic imine (C=N–C) groups is 1. The van der Waals surface area contributed by atoms with E-state index in [0.717, 1.165) is 31.0 Å². The topological polar surface area (TPSA) is 123 Å². The van der Waals surface area contributed by atoms with E-state index in [1.807, 2.05) is 4.68 Å². The van der Waals surface area contributed by atoms with Crippen LogP contribution in [0.5, 0.6) is 0 Å². The minimum atomic E-state index is -0.578. The molecule has 0 saturated heterocycles. The van der Waals surface area contributed by atoms with Crippen LogP contribution in [-0.4, -0.2) is 39.7 Å². The van der Waals surface area contributed by atoms with Crippen LogP contribution in [0.3, 0.4) is 0 Å². The van der Waals surface area contributed by atoms with Gasteiger partial charge in [-0.05, 0) is 18.6 Å². The van der Waals surface area contributed by atoms with Crippen molar-refractivity contribution < 1.29 is 9.21 Å². The van der Waals surface area contributed by atoms with Crippen molar-refractivity contribution in [2.45, 2.75) is 51.7 Å². The molecule has 0 spiro atoms. The molecule has 1 unspecified atom stereocenters. The monoisotopic (exact) mass is 487 g/mol. The summed E-state index contributed by atoms with van der Waals surface area (Å²) in [6, 6.07) is 3.50. The number of nitrogens with two attached hydrogens (primary N) is 1. The van der Waals surface area contributed by atoms with E-state index < -0.39 is 5.91 Å². The van der Waals surface area contributed by atoms with Crippen LogP contribution in [0.2, 0.25) is 0 Å². The van der Waals surface area contributed by atoms with E-state index in [4.69, 9.17) is 10.2 Å². The first-order valence-corrected chi connectivity index (χ1v) is 8.75. The lowest BCUT2D eigenvalue weighted by Gasteiger charge is -2.25. The second-order valence-corrected chi connectivity index (χ2v) is 6.66. The van der Waals surface area contributed by atoms with Crippen LogP contribution >= 0.6 is 24.0 Å². The lowest BCUT2D eigenvalue weighted by Crippen LogP contribution is -2.46. The molecule has 2 aromatic heterocycles. The van der Waals surface area contributed by atoms with Gasteiger partial charge in [-0.1, -0.05) is 13.8 Å². The third-order valence-electron chi connectivity index (χ3n) is 4.29. The van der Waals surface area contributed by atoms with E-state index in [0.29, 0.717) is 24.2 Å². The Kier molecular flexibility index (Phi) is 7.22. The van der Waals surface area contributed by atoms with Gasteiger partial charge in [-0.3, -0.25) is 9.79 Å². The van der Waals surface area contributed by atoms with Crippen LogP contribution in [-0.2, 0) is 19.5 Å². The van der Waals surface area contributed by atoms with Crippen LogP contribution in [0.1, 0.15) is 54.2 Å². The average Bonchev–Trinajstić information content (AvgIpc) is 3.25. The molecular weight excluding hydrogens is 461 g/mol. The SMILES string of the molecule is CN=C(NCc1ccc(C(N)=O)o1)NC1CCc2nc(C(C)C)nn2C1.I. The van der Waals surface area contributed by atoms with Crippen LogP contribution < -0.4 is 16.4 Å². The minimum absolute atomic E-state index is 0. The maximum atomic E-state index is 11.1. The van der Waals surface area contributed by atoms with Gasteiger partial charge < -0.3 is 20.8 Å². The van der Waals surface area contributed by atoms with Crippen LogP contribution in [0.4, 0.5) is 0 Å². The number of carbonyl (C=O) groups is 1. The summed E-state index contributed by atoms with van der Waals surface area (Å²) in [5, 5.41) is 11.2. The molecule has 0 aliphatic carbocycles. The van der Waals surface area contributed by atoms with Gasteiger partial charge in [-0.25, -0.2) is 9.67 Å². The number of aromatic nitrogens is 3. The smallest absolute Gasteiger partial charge is 0.284 e. The molecule has 0 saturated carbocycles. The molecular formula is C17H26IN7O2. The number of carbonyl (C=O) groups excluding carboxylic acids is 1. The van der Waals surface area contributed by atoms with Crippen molar-refractivity contribution in [1.82, 2.24) is 25.4 Å². The highest BCUT2D eigenvalue weighted by Crippen LogP contribution is 2.17. The normalized spacial score (nSPS) is 16.6. The Balaban J connectivity index is 0.00000261. The fraction of sp³-hybridized carbons (Fsp3) is 0.529. The van der Waals surface area contributed by atoms with Gasteiger partial charge in [0.2, 0.25) is 0 Å². The molecule has 2 aromatic rings. The number of halogens is 1. The van der Waals surface area contributed by atoms with Crippen LogP contribution in [0.25, 0.3) is 0 Å². The minimum Gasteiger partial charge on any atom is -0.454 e. The van der Waals surface area contributed by atoms with E-state index in [2.05, 4.69) is 39.6 Å². The molecule has 148 valence electrons. The predicted molar refractivity (Wildman–Crippen MR) is 112 cm³/mol. The van der Waals surface area contributed by atoms with Crippen molar-refractivity contribution in [1.29, 1.82) is 0 Å². The van der Waals surface area contributed by atoms with Crippen molar-refractivity contribution in [3.8, 4) is 0 Å². The second-order valence-electron chi connectivity index (χ2n) is 6.66. The Morgan fingerprint density at radius 3 is 2.89 bits per heavy atom. The molecule has 1 atom stereocenters. The van der Waals surface area contributed by atoms with Crippen LogP contribution in [0.15, 0.2) is 21.5 Å². The third-order valence-corrected chi connectivity index (χ3v) is 4.29. The number of hydrogen-bond donors (Lipinski definition) is 3. The van der Waals surface area contributed by atoms with Gasteiger partial charge in [0, 0.05) is 25.4 Å². The molecule has 0 fully saturated rings. The summed E-state index contributed by atoms with van der Waals surface area (Å²) in [4.78, 5) is 19.9. The number of fused-ring (bicyclic) bond motifs is 1. The Labute approximate surface area is 175 Å². The first-order valence-electron chi connectivity index (χ1n) is 8.75. The zero-order valence-electron chi connectivity index (χ0n) is 15.7. The molecule has 0 radical (unpaired) electrons. The molecule has 27 heavy (non-hydrogen) atoms. The standard InChI is InChI=1S/C17H25N7O2.HI/c1-10(2)16-22-14-7-4-11(9-24(14)23-16)21-17(19-3)20-8-12-5-6-13(26-12)15(18)25;/h5-6,10-11H,4,7-9H2,1-3H3,(H2,18,25)(H2,19,20,21);1H. The fourth-order valence-corrected chi connectivity index (χ4v) is 2.85. The molecule has 1 aliphatic heterocycles. The Bertz CT molecular complexity index is 812. The summed E-state index contributed by atoms with van der Waals surface area (Å²) in [5.74, 6) is 3.12. The molecule has 9 nitrogen and oxygen atoms in total. The van der Waals surface area contributed by atoms with Gasteiger partial charge in [0.05, 0.1) is 13.1 Å². The van der Waals surface area contributed by atoms with Gasteiger partial charge >= 0.3 is 0 Å². The van der Waals surface area contributed by atoms with Gasteiger partial charge in [0.1, 0.15) is 11.6 Å². The van der Waals surface area contributed by atoms with Gasteiger partial charge in [0.25, 0.3) is 5.91 Å². The van der Waals surface area contributed by atoms with E-state index in [9.17, 15) is 4.79 Å². The van der Waals surface area contributed by atoms with Gasteiger partial charge in [-0.15, -0.1) is 24.0 Å². The highest BCUT2D eigenvalue weighted by molar-refractivity contribution is 14.0. The molecule has 3 heterocycles. The number of amides is 1. The maximum Gasteiger partial charge on any atom is 0.284 e. The number of aryl methyl sites for hydroxylation is 1. The molecule has 10 heteroatoms. The zero-order valence-corrected chi connectivity index (χ0v) is 18.1. The summed E-state index contributed by atoms with van der Waals surface area (Å²) in [7, 11) is 1.72. The van der Waals surface area contributed by atoms with Crippen molar-refractivity contribution in [3.63, 3.8) is 0 Å². The number of furan rings is 1. The molecule has 0 aromatic carbocycles. The van der Waals surface area contributed by atoms with Crippen molar-refractivity contribution in [3.05, 3.63) is 35.3 Å². The molecule has 4 N–H and O–H groups in total. The second kappa shape index (κ2) is 9.20. The predicted octanol–water partition coefficient (Wildman–Crippen LogP) is 1.39. The first-order chi connectivity index (χ1) is 12.5. The largest absolute Gasteiger partial charge is 0.454 e. The molecule has 1 aliphatic rings. The first kappa shape index (κ1) is 21.2. The summed E-state index contributed by atoms with van der Waals surface area (Å²) < 4.78 is 7.34. The zero-order chi connectivity index (χ0) is 18.7. The summed E-state index contributed by atoms with van der Waals surface area (Å²) in [6.07, 6.45) is 1.85. The lowest BCUT2D eigenvalue weighted by atomic mass is 10.1.